The Kier molecular flexibility index (Phi) is 3.68. The normalized spacial score (nSPS) is 9.40. The fraction of sp³-hybridized carbons (Fsp3) is 0.444. The number of hydrogen-bond donors (Lipinski definition) is 0. The highest BCUT2D eigenvalue weighted by atomic mass is 16.6. The van der Waals surface area contributed by atoms with Crippen molar-refractivity contribution in [2.45, 2.75) is 6.54 Å². The van der Waals surface area contributed by atoms with E-state index in [-0.39, 0.29) is 6.61 Å². The largest absolute Gasteiger partial charge is 0.448 e. The molecule has 1 rings (SSSR count). The SMILES string of the molecule is CN(C)C(=O)OCCn1ccnc1C#N. The number of hydrogen-bond acceptors (Lipinski definition) is 4. The molecule has 0 spiro atoms. The van der Waals surface area contributed by atoms with E-state index in [0.29, 0.717) is 12.4 Å². The predicted octanol–water partition coefficient (Wildman–Crippen LogP) is 0.453. The second kappa shape index (κ2) is 5.00. The van der Waals surface area contributed by atoms with Crippen molar-refractivity contribution in [2.75, 3.05) is 20.7 Å². The lowest BCUT2D eigenvalue weighted by Gasteiger charge is -2.11. The Morgan fingerprint density at radius 2 is 2.47 bits per heavy atom. The van der Waals surface area contributed by atoms with Crippen molar-refractivity contribution in [1.29, 1.82) is 5.26 Å². The Labute approximate surface area is 87.7 Å². The van der Waals surface area contributed by atoms with Crippen molar-refractivity contribution in [1.82, 2.24) is 14.5 Å². The van der Waals surface area contributed by atoms with Gasteiger partial charge in [-0.05, 0) is 0 Å². The van der Waals surface area contributed by atoms with Gasteiger partial charge in [0, 0.05) is 26.5 Å². The van der Waals surface area contributed by atoms with E-state index in [1.165, 1.54) is 11.1 Å². The zero-order valence-electron chi connectivity index (χ0n) is 8.67. The van der Waals surface area contributed by atoms with Crippen molar-refractivity contribution in [3.05, 3.63) is 18.2 Å². The van der Waals surface area contributed by atoms with Crippen molar-refractivity contribution in [3.63, 3.8) is 0 Å². The Bertz CT molecular complexity index is 378. The van der Waals surface area contributed by atoms with Crippen LogP contribution in [0.15, 0.2) is 12.4 Å². The number of carbonyl (C=O) groups excluding carboxylic acids is 1. The van der Waals surface area contributed by atoms with Gasteiger partial charge in [-0.25, -0.2) is 9.78 Å². The van der Waals surface area contributed by atoms with Crippen LogP contribution in [0.4, 0.5) is 4.79 Å². The van der Waals surface area contributed by atoms with Gasteiger partial charge >= 0.3 is 6.09 Å². The number of carbonyl (C=O) groups is 1. The van der Waals surface area contributed by atoms with Gasteiger partial charge in [-0.15, -0.1) is 0 Å². The molecule has 1 aromatic rings. The first kappa shape index (κ1) is 11.0. The summed E-state index contributed by atoms with van der Waals surface area (Å²) >= 11 is 0. The Morgan fingerprint density at radius 1 is 1.73 bits per heavy atom. The average molecular weight is 208 g/mol. The lowest BCUT2D eigenvalue weighted by Crippen LogP contribution is -2.24. The molecule has 0 saturated carbocycles. The molecule has 0 fully saturated rings. The summed E-state index contributed by atoms with van der Waals surface area (Å²) in [4.78, 5) is 16.2. The van der Waals surface area contributed by atoms with Gasteiger partial charge in [-0.3, -0.25) is 0 Å². The standard InChI is InChI=1S/C9H12N4O2/c1-12(2)9(14)15-6-5-13-4-3-11-8(13)7-10/h3-4H,5-6H2,1-2H3. The quantitative estimate of drug-likeness (QED) is 0.723. The van der Waals surface area contributed by atoms with Crippen LogP contribution in [0.2, 0.25) is 0 Å². The highest BCUT2D eigenvalue weighted by molar-refractivity contribution is 5.66. The summed E-state index contributed by atoms with van der Waals surface area (Å²) in [5, 5.41) is 8.65. The van der Waals surface area contributed by atoms with E-state index in [9.17, 15) is 4.79 Å². The van der Waals surface area contributed by atoms with Crippen molar-refractivity contribution >= 4 is 6.09 Å². The molecule has 6 heteroatoms. The third-order valence-corrected chi connectivity index (χ3v) is 1.74. The van der Waals surface area contributed by atoms with Gasteiger partial charge < -0.3 is 14.2 Å². The molecular formula is C9H12N4O2. The Morgan fingerprint density at radius 3 is 3.07 bits per heavy atom. The van der Waals surface area contributed by atoms with Gasteiger partial charge in [0.05, 0.1) is 6.54 Å². The van der Waals surface area contributed by atoms with E-state index < -0.39 is 6.09 Å². The maximum Gasteiger partial charge on any atom is 0.409 e. The van der Waals surface area contributed by atoms with Crippen LogP contribution in [0.1, 0.15) is 5.82 Å². The van der Waals surface area contributed by atoms with Crippen LogP contribution in [0.25, 0.3) is 0 Å². The maximum atomic E-state index is 11.0. The molecule has 0 aliphatic carbocycles. The molecule has 80 valence electrons. The lowest BCUT2D eigenvalue weighted by atomic mass is 10.6. The summed E-state index contributed by atoms with van der Waals surface area (Å²) < 4.78 is 6.53. The number of nitriles is 1. The first-order valence-electron chi connectivity index (χ1n) is 4.40. The number of nitrogens with zero attached hydrogens (tertiary/aromatic N) is 4. The summed E-state index contributed by atoms with van der Waals surface area (Å²) in [6, 6.07) is 1.94. The molecule has 0 N–H and O–H groups in total. The third kappa shape index (κ3) is 2.98. The van der Waals surface area contributed by atoms with Crippen molar-refractivity contribution in [2.24, 2.45) is 0 Å². The van der Waals surface area contributed by atoms with Crippen LogP contribution in [-0.4, -0.2) is 41.2 Å². The fourth-order valence-corrected chi connectivity index (χ4v) is 0.963. The molecule has 0 atom stereocenters. The molecular weight excluding hydrogens is 196 g/mol. The first-order chi connectivity index (χ1) is 7.15. The minimum Gasteiger partial charge on any atom is -0.448 e. The molecule has 6 nitrogen and oxygen atoms in total. The number of aromatic nitrogens is 2. The highest BCUT2D eigenvalue weighted by Crippen LogP contribution is 1.96. The number of rotatable bonds is 3. The van der Waals surface area contributed by atoms with Crippen LogP contribution in [0.5, 0.6) is 0 Å². The minimum absolute atomic E-state index is 0.224. The average Bonchev–Trinajstić information content (AvgIpc) is 2.65. The van der Waals surface area contributed by atoms with E-state index in [0.717, 1.165) is 0 Å². The number of amides is 1. The molecule has 1 amide bonds. The third-order valence-electron chi connectivity index (χ3n) is 1.74. The van der Waals surface area contributed by atoms with Crippen LogP contribution in [0.3, 0.4) is 0 Å². The molecule has 0 bridgehead atoms. The summed E-state index contributed by atoms with van der Waals surface area (Å²) in [6.45, 7) is 0.657. The molecule has 0 aliphatic heterocycles. The van der Waals surface area contributed by atoms with Gasteiger partial charge in [0.25, 0.3) is 0 Å². The van der Waals surface area contributed by atoms with Gasteiger partial charge in [0.15, 0.2) is 0 Å². The monoisotopic (exact) mass is 208 g/mol. The zero-order valence-corrected chi connectivity index (χ0v) is 8.67. The van der Waals surface area contributed by atoms with E-state index in [4.69, 9.17) is 10.00 Å². The molecule has 1 aromatic heterocycles. The van der Waals surface area contributed by atoms with E-state index in [1.807, 2.05) is 6.07 Å². The van der Waals surface area contributed by atoms with Gasteiger partial charge in [-0.1, -0.05) is 0 Å². The zero-order chi connectivity index (χ0) is 11.3. The summed E-state index contributed by atoms with van der Waals surface area (Å²) in [5.74, 6) is 0.316. The molecule has 0 unspecified atom stereocenters. The highest BCUT2D eigenvalue weighted by Gasteiger charge is 2.05. The van der Waals surface area contributed by atoms with Crippen LogP contribution in [-0.2, 0) is 11.3 Å². The van der Waals surface area contributed by atoms with Gasteiger partial charge in [-0.2, -0.15) is 5.26 Å². The molecule has 0 aliphatic rings. The predicted molar refractivity (Wildman–Crippen MR) is 52.0 cm³/mol. The van der Waals surface area contributed by atoms with Crippen LogP contribution >= 0.6 is 0 Å². The number of imidazole rings is 1. The summed E-state index contributed by atoms with van der Waals surface area (Å²) in [5.41, 5.74) is 0. The van der Waals surface area contributed by atoms with Crippen LogP contribution < -0.4 is 0 Å². The summed E-state index contributed by atoms with van der Waals surface area (Å²) in [7, 11) is 3.22. The first-order valence-corrected chi connectivity index (χ1v) is 4.40. The fourth-order valence-electron chi connectivity index (χ4n) is 0.963. The molecule has 0 saturated heterocycles. The molecule has 15 heavy (non-hydrogen) atoms. The van der Waals surface area contributed by atoms with Gasteiger partial charge in [0.2, 0.25) is 5.82 Å². The minimum atomic E-state index is -0.395. The topological polar surface area (TPSA) is 71.2 Å². The second-order valence-electron chi connectivity index (χ2n) is 3.06. The lowest BCUT2D eigenvalue weighted by molar-refractivity contribution is 0.115. The molecule has 0 aromatic carbocycles. The maximum absolute atomic E-state index is 11.0. The van der Waals surface area contributed by atoms with Crippen LogP contribution in [0, 0.1) is 11.3 Å². The molecule has 0 radical (unpaired) electrons. The van der Waals surface area contributed by atoms with Gasteiger partial charge in [0.1, 0.15) is 12.7 Å². The van der Waals surface area contributed by atoms with E-state index in [2.05, 4.69) is 4.98 Å². The Hall–Kier alpha value is -2.03. The second-order valence-corrected chi connectivity index (χ2v) is 3.06. The Balaban J connectivity index is 2.39. The van der Waals surface area contributed by atoms with Crippen molar-refractivity contribution in [3.8, 4) is 6.07 Å². The smallest absolute Gasteiger partial charge is 0.409 e. The van der Waals surface area contributed by atoms with E-state index >= 15 is 0 Å². The van der Waals surface area contributed by atoms with Crippen molar-refractivity contribution < 1.29 is 9.53 Å². The molecule has 1 heterocycles. The van der Waals surface area contributed by atoms with E-state index in [1.54, 1.807) is 24.9 Å². The summed E-state index contributed by atoms with van der Waals surface area (Å²) in [6.07, 6.45) is 2.81. The number of ether oxygens (including phenoxy) is 1.